The van der Waals surface area contributed by atoms with E-state index in [1.165, 1.54) is 5.69 Å². The number of benzene rings is 1. The van der Waals surface area contributed by atoms with Crippen LogP contribution in [-0.4, -0.2) is 15.4 Å². The lowest BCUT2D eigenvalue weighted by Gasteiger charge is -2.09. The van der Waals surface area contributed by atoms with Gasteiger partial charge in [-0.15, -0.1) is 11.3 Å². The Labute approximate surface area is 137 Å². The first-order chi connectivity index (χ1) is 10.2. The highest BCUT2D eigenvalue weighted by atomic mass is 35.5. The quantitative estimate of drug-likeness (QED) is 0.746. The molecule has 0 aliphatic carbocycles. The first kappa shape index (κ1) is 14.9. The number of thiazole rings is 1. The predicted octanol–water partition coefficient (Wildman–Crippen LogP) is 4.48. The van der Waals surface area contributed by atoms with Gasteiger partial charge in [0.25, 0.3) is 0 Å². The average molecular weight is 338 g/mol. The van der Waals surface area contributed by atoms with Crippen molar-refractivity contribution in [2.45, 2.75) is 35.7 Å². The summed E-state index contributed by atoms with van der Waals surface area (Å²) < 4.78 is 2.15. The molecule has 110 valence electrons. The van der Waals surface area contributed by atoms with E-state index in [1.54, 1.807) is 23.1 Å². The Morgan fingerprint density at radius 3 is 2.86 bits per heavy atom. The molecule has 2 heterocycles. The van der Waals surface area contributed by atoms with Crippen molar-refractivity contribution in [2.75, 3.05) is 0 Å². The maximum Gasteiger partial charge on any atom is 0.194 e. The summed E-state index contributed by atoms with van der Waals surface area (Å²) >= 11 is 9.25. The average Bonchev–Trinajstić information content (AvgIpc) is 3.04. The number of aromatic nitrogens is 2. The van der Waals surface area contributed by atoms with Gasteiger partial charge in [-0.05, 0) is 30.7 Å². The lowest BCUT2D eigenvalue weighted by atomic mass is 10.1. The molecule has 0 saturated heterocycles. The van der Waals surface area contributed by atoms with E-state index in [0.717, 1.165) is 32.7 Å². The molecule has 0 bridgehead atoms. The van der Waals surface area contributed by atoms with Crippen molar-refractivity contribution < 1.29 is 0 Å². The van der Waals surface area contributed by atoms with Gasteiger partial charge in [0.1, 0.15) is 5.03 Å². The van der Waals surface area contributed by atoms with Crippen molar-refractivity contribution in [3.63, 3.8) is 0 Å². The van der Waals surface area contributed by atoms with Gasteiger partial charge >= 0.3 is 0 Å². The van der Waals surface area contributed by atoms with Gasteiger partial charge in [0.05, 0.1) is 5.69 Å². The highest BCUT2D eigenvalue weighted by Gasteiger charge is 2.16. The Morgan fingerprint density at radius 1 is 1.38 bits per heavy atom. The van der Waals surface area contributed by atoms with Gasteiger partial charge in [-0.2, -0.15) is 0 Å². The van der Waals surface area contributed by atoms with Crippen LogP contribution in [0.1, 0.15) is 19.0 Å². The van der Waals surface area contributed by atoms with E-state index >= 15 is 0 Å². The topological polar surface area (TPSA) is 43.3 Å². The minimum absolute atomic E-state index is 0.161. The summed E-state index contributed by atoms with van der Waals surface area (Å²) in [4.78, 5) is 6.89. The Kier molecular flexibility index (Phi) is 4.54. The van der Waals surface area contributed by atoms with Crippen LogP contribution < -0.4 is 5.73 Å². The summed E-state index contributed by atoms with van der Waals surface area (Å²) in [6.45, 7) is 2.11. The van der Waals surface area contributed by atoms with Crippen LogP contribution in [0.15, 0.2) is 45.8 Å². The molecule has 0 spiro atoms. The molecule has 1 aromatic carbocycles. The van der Waals surface area contributed by atoms with Gasteiger partial charge in [0.15, 0.2) is 4.96 Å². The van der Waals surface area contributed by atoms with Crippen LogP contribution in [0.2, 0.25) is 5.02 Å². The number of halogens is 1. The molecule has 6 heteroatoms. The fourth-order valence-corrected chi connectivity index (χ4v) is 3.93. The molecule has 0 aliphatic heterocycles. The summed E-state index contributed by atoms with van der Waals surface area (Å²) in [5, 5.41) is 3.84. The number of hydrogen-bond acceptors (Lipinski definition) is 4. The first-order valence-corrected chi connectivity index (χ1v) is 8.88. The van der Waals surface area contributed by atoms with Gasteiger partial charge in [-0.25, -0.2) is 4.98 Å². The van der Waals surface area contributed by atoms with Gasteiger partial charge in [-0.3, -0.25) is 4.40 Å². The van der Waals surface area contributed by atoms with Crippen LogP contribution in [0.3, 0.4) is 0 Å². The number of nitrogens with two attached hydrogens (primary N) is 1. The van der Waals surface area contributed by atoms with Crippen molar-refractivity contribution in [2.24, 2.45) is 5.73 Å². The summed E-state index contributed by atoms with van der Waals surface area (Å²) in [6.07, 6.45) is 3.86. The van der Waals surface area contributed by atoms with E-state index < -0.39 is 0 Å². The van der Waals surface area contributed by atoms with E-state index in [4.69, 9.17) is 22.3 Å². The Hall–Kier alpha value is -1.01. The maximum absolute atomic E-state index is 6.14. The molecule has 3 nitrogen and oxygen atoms in total. The summed E-state index contributed by atoms with van der Waals surface area (Å²) in [6, 6.07) is 8.00. The first-order valence-electron chi connectivity index (χ1n) is 6.80. The highest BCUT2D eigenvalue weighted by molar-refractivity contribution is 7.99. The molecule has 0 radical (unpaired) electrons. The van der Waals surface area contributed by atoms with Crippen LogP contribution >= 0.6 is 34.7 Å². The van der Waals surface area contributed by atoms with Crippen molar-refractivity contribution in [3.8, 4) is 0 Å². The van der Waals surface area contributed by atoms with Crippen LogP contribution in [-0.2, 0) is 6.42 Å². The molecular formula is C15H16ClN3S2. The van der Waals surface area contributed by atoms with Gasteiger partial charge < -0.3 is 5.73 Å². The molecule has 0 amide bonds. The number of fused-ring (bicyclic) bond motifs is 1. The molecule has 21 heavy (non-hydrogen) atoms. The molecule has 2 N–H and O–H groups in total. The summed E-state index contributed by atoms with van der Waals surface area (Å²) in [5.74, 6) is 0. The van der Waals surface area contributed by atoms with Gasteiger partial charge in [0, 0.05) is 34.0 Å². The predicted molar refractivity (Wildman–Crippen MR) is 90.6 cm³/mol. The third kappa shape index (κ3) is 3.26. The lowest BCUT2D eigenvalue weighted by molar-refractivity contribution is 0.627. The third-order valence-corrected chi connectivity index (χ3v) is 5.37. The molecular weight excluding hydrogens is 322 g/mol. The van der Waals surface area contributed by atoms with Gasteiger partial charge in [0.2, 0.25) is 0 Å². The summed E-state index contributed by atoms with van der Waals surface area (Å²) in [5.41, 5.74) is 7.34. The van der Waals surface area contributed by atoms with Crippen LogP contribution in [0, 0.1) is 0 Å². The monoisotopic (exact) mass is 337 g/mol. The van der Waals surface area contributed by atoms with E-state index in [2.05, 4.69) is 22.9 Å². The largest absolute Gasteiger partial charge is 0.327 e. The zero-order valence-corrected chi connectivity index (χ0v) is 14.0. The second-order valence-corrected chi connectivity index (χ2v) is 7.22. The second kappa shape index (κ2) is 6.40. The Morgan fingerprint density at radius 2 is 2.14 bits per heavy atom. The number of nitrogens with zero attached hydrogens (tertiary/aromatic N) is 2. The Balaban J connectivity index is 1.94. The molecule has 0 fully saturated rings. The van der Waals surface area contributed by atoms with Crippen molar-refractivity contribution >= 4 is 39.7 Å². The Bertz CT molecular complexity index is 733. The van der Waals surface area contributed by atoms with E-state index in [9.17, 15) is 0 Å². The van der Waals surface area contributed by atoms with Crippen molar-refractivity contribution in [1.29, 1.82) is 0 Å². The maximum atomic E-state index is 6.14. The number of rotatable bonds is 5. The molecule has 3 aromatic rings. The van der Waals surface area contributed by atoms with E-state index in [1.807, 2.05) is 24.3 Å². The summed E-state index contributed by atoms with van der Waals surface area (Å²) in [7, 11) is 0. The number of imidazole rings is 1. The molecule has 3 rings (SSSR count). The van der Waals surface area contributed by atoms with Crippen molar-refractivity contribution in [1.82, 2.24) is 9.38 Å². The van der Waals surface area contributed by atoms with Crippen LogP contribution in [0.25, 0.3) is 4.96 Å². The fraction of sp³-hybridized carbons (Fsp3) is 0.267. The van der Waals surface area contributed by atoms with Crippen molar-refractivity contribution in [3.05, 3.63) is 46.6 Å². The molecule has 0 aliphatic rings. The zero-order valence-electron chi connectivity index (χ0n) is 11.6. The molecule has 1 unspecified atom stereocenters. The SMILES string of the molecule is CCC(N)Cc1c(Sc2ccc(Cl)cc2)nc2sccn12. The van der Waals surface area contributed by atoms with Crippen LogP contribution in [0.5, 0.6) is 0 Å². The second-order valence-electron chi connectivity index (χ2n) is 4.85. The standard InChI is InChI=1S/C15H16ClN3S2/c1-2-11(17)9-13-14(18-15-19(13)7-8-20-15)21-12-5-3-10(16)4-6-12/h3-8,11H,2,9,17H2,1H3. The molecule has 0 saturated carbocycles. The van der Waals surface area contributed by atoms with E-state index in [0.29, 0.717) is 0 Å². The fourth-order valence-electron chi connectivity index (χ4n) is 2.09. The minimum Gasteiger partial charge on any atom is -0.327 e. The normalized spacial score (nSPS) is 12.9. The minimum atomic E-state index is 0.161. The van der Waals surface area contributed by atoms with Gasteiger partial charge in [-0.1, -0.05) is 30.3 Å². The molecule has 2 aromatic heterocycles. The van der Waals surface area contributed by atoms with E-state index in [-0.39, 0.29) is 6.04 Å². The highest BCUT2D eigenvalue weighted by Crippen LogP contribution is 2.33. The number of hydrogen-bond donors (Lipinski definition) is 1. The smallest absolute Gasteiger partial charge is 0.194 e. The zero-order chi connectivity index (χ0) is 14.8. The lowest BCUT2D eigenvalue weighted by Crippen LogP contribution is -2.22. The van der Waals surface area contributed by atoms with Crippen LogP contribution in [0.4, 0.5) is 0 Å². The molecule has 1 atom stereocenters. The third-order valence-electron chi connectivity index (χ3n) is 3.33.